The maximum atomic E-state index is 9.71. The largest absolute Gasteiger partial charge is 0.395 e. The van der Waals surface area contributed by atoms with Gasteiger partial charge in [0.25, 0.3) is 0 Å². The van der Waals surface area contributed by atoms with Gasteiger partial charge in [0.1, 0.15) is 11.9 Å². The summed E-state index contributed by atoms with van der Waals surface area (Å²) in [5.74, 6) is 7.58. The third kappa shape index (κ3) is 5.23. The van der Waals surface area contributed by atoms with Crippen molar-refractivity contribution in [3.8, 4) is 23.0 Å². The molecular weight excluding hydrogens is 386 g/mol. The van der Waals surface area contributed by atoms with E-state index in [0.717, 1.165) is 18.4 Å². The topological polar surface area (TPSA) is 70.3 Å². The lowest BCUT2D eigenvalue weighted by molar-refractivity contribution is 0.184. The van der Waals surface area contributed by atoms with Gasteiger partial charge in [0.15, 0.2) is 0 Å². The quantitative estimate of drug-likeness (QED) is 0.517. The number of aromatic nitrogens is 2. The molecule has 1 aliphatic rings. The van der Waals surface area contributed by atoms with Gasteiger partial charge in [0, 0.05) is 30.5 Å². The van der Waals surface area contributed by atoms with E-state index in [-0.39, 0.29) is 6.61 Å². The Morgan fingerprint density at radius 2 is 1.77 bits per heavy atom. The molecule has 1 atom stereocenters. The van der Waals surface area contributed by atoms with Crippen LogP contribution in [-0.4, -0.2) is 39.0 Å². The Morgan fingerprint density at radius 1 is 1.10 bits per heavy atom. The molecule has 5 heteroatoms. The van der Waals surface area contributed by atoms with Crippen molar-refractivity contribution in [1.29, 1.82) is 0 Å². The van der Waals surface area contributed by atoms with E-state index in [2.05, 4.69) is 58.5 Å². The molecule has 1 unspecified atom stereocenters. The molecule has 2 aromatic carbocycles. The van der Waals surface area contributed by atoms with Crippen LogP contribution < -0.4 is 5.32 Å². The fourth-order valence-electron chi connectivity index (χ4n) is 4.07. The fraction of sp³-hybridized carbons (Fsp3) is 0.346. The minimum Gasteiger partial charge on any atom is -0.395 e. The minimum absolute atomic E-state index is 0.203. The highest BCUT2D eigenvalue weighted by molar-refractivity contribution is 5.64. The van der Waals surface area contributed by atoms with Crippen LogP contribution in [0.3, 0.4) is 0 Å². The molecule has 3 aromatic rings. The van der Waals surface area contributed by atoms with Gasteiger partial charge in [-0.15, -0.1) is 0 Å². The van der Waals surface area contributed by atoms with Gasteiger partial charge in [0.2, 0.25) is 0 Å². The summed E-state index contributed by atoms with van der Waals surface area (Å²) in [4.78, 5) is 4.16. The molecule has 4 rings (SSSR count). The van der Waals surface area contributed by atoms with Crippen molar-refractivity contribution in [3.05, 3.63) is 77.9 Å². The zero-order chi connectivity index (χ0) is 21.6. The van der Waals surface area contributed by atoms with Crippen molar-refractivity contribution in [2.45, 2.75) is 44.4 Å². The summed E-state index contributed by atoms with van der Waals surface area (Å²) in [7, 11) is 0. The van der Waals surface area contributed by atoms with Gasteiger partial charge in [-0.05, 0) is 54.5 Å². The van der Waals surface area contributed by atoms with Gasteiger partial charge in [-0.2, -0.15) is 0 Å². The first kappa shape index (κ1) is 21.3. The summed E-state index contributed by atoms with van der Waals surface area (Å²) in [6.07, 6.45) is 5.20. The van der Waals surface area contributed by atoms with E-state index in [9.17, 15) is 5.11 Å². The minimum atomic E-state index is -0.601. The predicted octanol–water partition coefficient (Wildman–Crippen LogP) is 3.48. The number of aliphatic hydroxyl groups excluding tert-OH is 2. The monoisotopic (exact) mass is 415 g/mol. The Morgan fingerprint density at radius 3 is 2.42 bits per heavy atom. The van der Waals surface area contributed by atoms with Crippen LogP contribution in [0.25, 0.3) is 11.1 Å². The van der Waals surface area contributed by atoms with E-state index in [1.807, 2.05) is 22.9 Å². The highest BCUT2D eigenvalue weighted by atomic mass is 16.3. The fourth-order valence-corrected chi connectivity index (χ4v) is 4.07. The molecule has 31 heavy (non-hydrogen) atoms. The average Bonchev–Trinajstić information content (AvgIpc) is 3.23. The second-order valence-corrected chi connectivity index (χ2v) is 8.13. The SMILES string of the molecule is CC(O)c1nccn1CC#Cc1ccc(-c2ccc(C3CC(NCCO)C3)cc2)cc1. The Labute approximate surface area is 183 Å². The average molecular weight is 416 g/mol. The molecule has 0 spiro atoms. The molecule has 0 radical (unpaired) electrons. The summed E-state index contributed by atoms with van der Waals surface area (Å²) in [6.45, 7) is 3.09. The van der Waals surface area contributed by atoms with Crippen LogP contribution >= 0.6 is 0 Å². The lowest BCUT2D eigenvalue weighted by atomic mass is 9.75. The summed E-state index contributed by atoms with van der Waals surface area (Å²) in [5.41, 5.74) is 4.75. The number of hydrogen-bond acceptors (Lipinski definition) is 4. The molecule has 5 nitrogen and oxygen atoms in total. The lowest BCUT2D eigenvalue weighted by Crippen LogP contribution is -2.41. The normalized spacial score (nSPS) is 18.7. The number of hydrogen-bond donors (Lipinski definition) is 3. The Kier molecular flexibility index (Phi) is 6.83. The van der Waals surface area contributed by atoms with Crippen molar-refractivity contribution < 1.29 is 10.2 Å². The highest BCUT2D eigenvalue weighted by Crippen LogP contribution is 2.37. The number of benzene rings is 2. The summed E-state index contributed by atoms with van der Waals surface area (Å²) >= 11 is 0. The Bertz CT molecular complexity index is 1040. The summed E-state index contributed by atoms with van der Waals surface area (Å²) in [5, 5.41) is 22.0. The van der Waals surface area contributed by atoms with Crippen LogP contribution in [0.1, 0.15) is 48.7 Å². The molecule has 160 valence electrons. The maximum absolute atomic E-state index is 9.71. The van der Waals surface area contributed by atoms with Crippen molar-refractivity contribution in [2.24, 2.45) is 0 Å². The molecule has 1 fully saturated rings. The summed E-state index contributed by atoms with van der Waals surface area (Å²) in [6, 6.07) is 17.7. The van der Waals surface area contributed by atoms with Gasteiger partial charge in [-0.25, -0.2) is 4.98 Å². The van der Waals surface area contributed by atoms with Crippen LogP contribution in [0.15, 0.2) is 60.9 Å². The van der Waals surface area contributed by atoms with Crippen LogP contribution in [0, 0.1) is 11.8 Å². The van der Waals surface area contributed by atoms with Gasteiger partial charge in [-0.3, -0.25) is 0 Å². The highest BCUT2D eigenvalue weighted by Gasteiger charge is 2.29. The van der Waals surface area contributed by atoms with E-state index in [1.54, 1.807) is 13.1 Å². The first-order valence-electron chi connectivity index (χ1n) is 10.9. The molecule has 0 saturated heterocycles. The van der Waals surface area contributed by atoms with Crippen molar-refractivity contribution in [2.75, 3.05) is 13.2 Å². The molecule has 1 aromatic heterocycles. The molecule has 3 N–H and O–H groups in total. The van der Waals surface area contributed by atoms with E-state index in [0.29, 0.717) is 30.9 Å². The number of aliphatic hydroxyl groups is 2. The second kappa shape index (κ2) is 9.93. The molecule has 0 bridgehead atoms. The van der Waals surface area contributed by atoms with Crippen molar-refractivity contribution in [1.82, 2.24) is 14.9 Å². The number of nitrogens with zero attached hydrogens (tertiary/aromatic N) is 2. The Hall–Kier alpha value is -2.91. The van der Waals surface area contributed by atoms with E-state index in [4.69, 9.17) is 5.11 Å². The number of nitrogens with one attached hydrogen (secondary N) is 1. The molecule has 1 aliphatic carbocycles. The standard InChI is InChI=1S/C26H29N3O2/c1-19(31)26-28-12-15-29(26)14-2-3-20-4-6-21(7-5-20)22-8-10-23(11-9-22)24-17-25(18-24)27-13-16-30/h4-12,15,19,24-25,27,30-31H,13-14,16-18H2,1H3. The first-order chi connectivity index (χ1) is 15.1. The number of imidazole rings is 1. The number of rotatable bonds is 7. The Balaban J connectivity index is 1.34. The van der Waals surface area contributed by atoms with Crippen LogP contribution in [0.4, 0.5) is 0 Å². The zero-order valence-corrected chi connectivity index (χ0v) is 17.8. The molecule has 0 amide bonds. The van der Waals surface area contributed by atoms with Gasteiger partial charge in [-0.1, -0.05) is 48.2 Å². The lowest BCUT2D eigenvalue weighted by Gasteiger charge is -2.36. The van der Waals surface area contributed by atoms with Crippen molar-refractivity contribution in [3.63, 3.8) is 0 Å². The van der Waals surface area contributed by atoms with Crippen LogP contribution in [0.2, 0.25) is 0 Å². The first-order valence-corrected chi connectivity index (χ1v) is 10.9. The molecular formula is C26H29N3O2. The van der Waals surface area contributed by atoms with Gasteiger partial charge < -0.3 is 20.1 Å². The van der Waals surface area contributed by atoms with E-state index < -0.39 is 6.10 Å². The molecule has 1 heterocycles. The third-order valence-corrected chi connectivity index (χ3v) is 5.89. The molecule has 1 saturated carbocycles. The molecule has 0 aliphatic heterocycles. The second-order valence-electron chi connectivity index (χ2n) is 8.13. The van der Waals surface area contributed by atoms with Crippen LogP contribution in [0.5, 0.6) is 0 Å². The van der Waals surface area contributed by atoms with E-state index >= 15 is 0 Å². The van der Waals surface area contributed by atoms with Crippen molar-refractivity contribution >= 4 is 0 Å². The van der Waals surface area contributed by atoms with E-state index in [1.165, 1.54) is 16.7 Å². The van der Waals surface area contributed by atoms with Gasteiger partial charge >= 0.3 is 0 Å². The smallest absolute Gasteiger partial charge is 0.138 e. The predicted molar refractivity (Wildman–Crippen MR) is 122 cm³/mol. The third-order valence-electron chi connectivity index (χ3n) is 5.89. The zero-order valence-electron chi connectivity index (χ0n) is 17.8. The summed E-state index contributed by atoms with van der Waals surface area (Å²) < 4.78 is 1.86. The van der Waals surface area contributed by atoms with Gasteiger partial charge in [0.05, 0.1) is 13.2 Å². The maximum Gasteiger partial charge on any atom is 0.138 e. The van der Waals surface area contributed by atoms with Crippen LogP contribution in [-0.2, 0) is 6.54 Å².